The summed E-state index contributed by atoms with van der Waals surface area (Å²) in [7, 11) is 0. The van der Waals surface area contributed by atoms with Crippen LogP contribution in [0, 0.1) is 25.7 Å². The van der Waals surface area contributed by atoms with Crippen molar-refractivity contribution in [2.75, 3.05) is 0 Å². The monoisotopic (exact) mass is 254 g/mol. The standard InChI is InChI=1S/C14H22O2S/c1-7-6-8(2)17-14(7)13(15)12-9(3)10(4)16-11(12)5/h6,9-13,15H,1-5H3. The molecule has 1 N–H and O–H groups in total. The highest BCUT2D eigenvalue weighted by Gasteiger charge is 2.42. The molecule has 1 aromatic heterocycles. The first-order valence-corrected chi connectivity index (χ1v) is 7.14. The van der Waals surface area contributed by atoms with E-state index < -0.39 is 0 Å². The Morgan fingerprint density at radius 1 is 1.24 bits per heavy atom. The lowest BCUT2D eigenvalue weighted by atomic mass is 9.84. The predicted octanol–water partition coefficient (Wildman–Crippen LogP) is 3.46. The Balaban J connectivity index is 2.25. The Morgan fingerprint density at radius 2 is 1.88 bits per heavy atom. The molecule has 2 rings (SSSR count). The molecule has 1 aromatic rings. The van der Waals surface area contributed by atoms with Gasteiger partial charge in [-0.1, -0.05) is 6.92 Å². The SMILES string of the molecule is Cc1cc(C)c(C(O)C2C(C)OC(C)C2C)s1. The van der Waals surface area contributed by atoms with Crippen molar-refractivity contribution >= 4 is 11.3 Å². The van der Waals surface area contributed by atoms with Crippen molar-refractivity contribution in [1.82, 2.24) is 0 Å². The van der Waals surface area contributed by atoms with Crippen molar-refractivity contribution < 1.29 is 9.84 Å². The van der Waals surface area contributed by atoms with Crippen LogP contribution in [0.4, 0.5) is 0 Å². The van der Waals surface area contributed by atoms with Gasteiger partial charge in [0.05, 0.1) is 18.3 Å². The average molecular weight is 254 g/mol. The van der Waals surface area contributed by atoms with Crippen molar-refractivity contribution in [3.63, 3.8) is 0 Å². The van der Waals surface area contributed by atoms with E-state index in [0.29, 0.717) is 5.92 Å². The molecule has 1 aliphatic rings. The molecule has 0 aromatic carbocycles. The number of hydrogen-bond donors (Lipinski definition) is 1. The summed E-state index contributed by atoms with van der Waals surface area (Å²) in [6.45, 7) is 10.5. The van der Waals surface area contributed by atoms with E-state index in [1.54, 1.807) is 11.3 Å². The summed E-state index contributed by atoms with van der Waals surface area (Å²) in [5.74, 6) is 0.614. The first-order valence-electron chi connectivity index (χ1n) is 6.32. The smallest absolute Gasteiger partial charge is 0.0940 e. The Kier molecular flexibility index (Phi) is 3.62. The van der Waals surface area contributed by atoms with E-state index in [9.17, 15) is 5.11 Å². The number of aliphatic hydroxyl groups excluding tert-OH is 1. The van der Waals surface area contributed by atoms with Crippen LogP contribution in [0.2, 0.25) is 0 Å². The predicted molar refractivity (Wildman–Crippen MR) is 71.4 cm³/mol. The molecule has 0 aliphatic carbocycles. The van der Waals surface area contributed by atoms with Gasteiger partial charge >= 0.3 is 0 Å². The molecule has 0 saturated carbocycles. The quantitative estimate of drug-likeness (QED) is 0.876. The molecule has 96 valence electrons. The van der Waals surface area contributed by atoms with Crippen LogP contribution in [0.1, 0.15) is 42.2 Å². The van der Waals surface area contributed by atoms with E-state index in [2.05, 4.69) is 40.7 Å². The van der Waals surface area contributed by atoms with Crippen molar-refractivity contribution in [2.45, 2.75) is 52.9 Å². The molecule has 2 heterocycles. The zero-order valence-corrected chi connectivity index (χ0v) is 12.0. The summed E-state index contributed by atoms with van der Waals surface area (Å²) in [4.78, 5) is 2.38. The van der Waals surface area contributed by atoms with Crippen LogP contribution in [-0.2, 0) is 4.74 Å². The molecule has 2 nitrogen and oxygen atoms in total. The van der Waals surface area contributed by atoms with Crippen LogP contribution in [0.15, 0.2) is 6.07 Å². The second kappa shape index (κ2) is 4.71. The molecule has 5 atom stereocenters. The Labute approximate surface area is 108 Å². The first-order chi connectivity index (χ1) is 7.91. The van der Waals surface area contributed by atoms with Gasteiger partial charge in [-0.25, -0.2) is 0 Å². The lowest BCUT2D eigenvalue weighted by Crippen LogP contribution is -2.24. The molecule has 0 radical (unpaired) electrons. The van der Waals surface area contributed by atoms with Crippen molar-refractivity contribution in [3.8, 4) is 0 Å². The van der Waals surface area contributed by atoms with E-state index in [0.717, 1.165) is 4.88 Å². The number of aliphatic hydroxyl groups is 1. The molecule has 1 saturated heterocycles. The molecular weight excluding hydrogens is 232 g/mol. The lowest BCUT2D eigenvalue weighted by molar-refractivity contribution is 0.0241. The molecule has 1 aliphatic heterocycles. The first kappa shape index (κ1) is 13.1. The summed E-state index contributed by atoms with van der Waals surface area (Å²) in [5, 5.41) is 10.6. The van der Waals surface area contributed by atoms with Crippen LogP contribution in [0.3, 0.4) is 0 Å². The van der Waals surface area contributed by atoms with Gasteiger partial charge in [-0.05, 0) is 45.2 Å². The minimum absolute atomic E-state index is 0.136. The number of ether oxygens (including phenoxy) is 1. The minimum Gasteiger partial charge on any atom is -0.387 e. The van der Waals surface area contributed by atoms with E-state index in [-0.39, 0.29) is 24.2 Å². The van der Waals surface area contributed by atoms with Crippen LogP contribution >= 0.6 is 11.3 Å². The summed E-state index contributed by atoms with van der Waals surface area (Å²) in [6.07, 6.45) is -0.00790. The maximum absolute atomic E-state index is 10.6. The Hall–Kier alpha value is -0.380. The highest BCUT2D eigenvalue weighted by Crippen LogP contribution is 2.43. The highest BCUT2D eigenvalue weighted by atomic mass is 32.1. The zero-order chi connectivity index (χ0) is 12.7. The van der Waals surface area contributed by atoms with Gasteiger partial charge in [-0.3, -0.25) is 0 Å². The fourth-order valence-corrected chi connectivity index (χ4v) is 4.05. The molecule has 5 unspecified atom stereocenters. The van der Waals surface area contributed by atoms with Crippen LogP contribution < -0.4 is 0 Å². The van der Waals surface area contributed by atoms with Gasteiger partial charge < -0.3 is 9.84 Å². The summed E-state index contributed by atoms with van der Waals surface area (Å²) in [6, 6.07) is 2.15. The molecule has 0 amide bonds. The molecular formula is C14H22O2S. The van der Waals surface area contributed by atoms with Gasteiger partial charge in [-0.2, -0.15) is 0 Å². The topological polar surface area (TPSA) is 29.5 Å². The van der Waals surface area contributed by atoms with Gasteiger partial charge in [0, 0.05) is 15.7 Å². The van der Waals surface area contributed by atoms with E-state index in [4.69, 9.17) is 4.74 Å². The van der Waals surface area contributed by atoms with Crippen LogP contribution in [-0.4, -0.2) is 17.3 Å². The summed E-state index contributed by atoms with van der Waals surface area (Å²) < 4.78 is 5.82. The number of thiophene rings is 1. The van der Waals surface area contributed by atoms with Gasteiger partial charge in [0.2, 0.25) is 0 Å². The number of hydrogen-bond acceptors (Lipinski definition) is 3. The number of aryl methyl sites for hydroxylation is 2. The van der Waals surface area contributed by atoms with E-state index in [1.165, 1.54) is 10.4 Å². The maximum atomic E-state index is 10.6. The molecule has 17 heavy (non-hydrogen) atoms. The largest absolute Gasteiger partial charge is 0.387 e. The summed E-state index contributed by atoms with van der Waals surface area (Å²) >= 11 is 1.71. The maximum Gasteiger partial charge on any atom is 0.0940 e. The summed E-state index contributed by atoms with van der Waals surface area (Å²) in [5.41, 5.74) is 1.21. The fourth-order valence-electron chi connectivity index (χ4n) is 2.97. The van der Waals surface area contributed by atoms with Gasteiger partial charge in [0.1, 0.15) is 0 Å². The molecule has 0 bridgehead atoms. The average Bonchev–Trinajstić information content (AvgIpc) is 2.68. The number of rotatable bonds is 2. The Bertz CT molecular complexity index is 399. The molecule has 1 fully saturated rings. The third-order valence-electron chi connectivity index (χ3n) is 4.03. The normalized spacial score (nSPS) is 35.2. The second-order valence-corrected chi connectivity index (χ2v) is 6.62. The zero-order valence-electron chi connectivity index (χ0n) is 11.2. The van der Waals surface area contributed by atoms with Gasteiger partial charge in [0.15, 0.2) is 0 Å². The third-order valence-corrected chi connectivity index (χ3v) is 5.25. The Morgan fingerprint density at radius 3 is 2.29 bits per heavy atom. The fraction of sp³-hybridized carbons (Fsp3) is 0.714. The lowest BCUT2D eigenvalue weighted by Gasteiger charge is -2.24. The molecule has 3 heteroatoms. The van der Waals surface area contributed by atoms with Crippen LogP contribution in [0.25, 0.3) is 0 Å². The van der Waals surface area contributed by atoms with Crippen molar-refractivity contribution in [3.05, 3.63) is 21.4 Å². The minimum atomic E-state index is -0.386. The van der Waals surface area contributed by atoms with Gasteiger partial charge in [-0.15, -0.1) is 11.3 Å². The van der Waals surface area contributed by atoms with E-state index >= 15 is 0 Å². The van der Waals surface area contributed by atoms with Crippen molar-refractivity contribution in [1.29, 1.82) is 0 Å². The van der Waals surface area contributed by atoms with Crippen LogP contribution in [0.5, 0.6) is 0 Å². The van der Waals surface area contributed by atoms with Gasteiger partial charge in [0.25, 0.3) is 0 Å². The van der Waals surface area contributed by atoms with Crippen molar-refractivity contribution in [2.24, 2.45) is 11.8 Å². The third kappa shape index (κ3) is 2.28. The molecule has 0 spiro atoms. The highest BCUT2D eigenvalue weighted by molar-refractivity contribution is 7.12. The second-order valence-electron chi connectivity index (χ2n) is 5.33. The van der Waals surface area contributed by atoms with E-state index in [1.807, 2.05) is 0 Å².